The lowest BCUT2D eigenvalue weighted by Gasteiger charge is -2.22. The zero-order chi connectivity index (χ0) is 17.1. The lowest BCUT2D eigenvalue weighted by Crippen LogP contribution is -2.29. The number of halogens is 1. The number of fused-ring (bicyclic) bond motifs is 1. The largest absolute Gasteiger partial charge is 0.374 e. The molecule has 2 N–H and O–H groups in total. The maximum absolute atomic E-state index is 9.75. The van der Waals surface area contributed by atoms with E-state index >= 15 is 0 Å². The Morgan fingerprint density at radius 1 is 1.21 bits per heavy atom. The first-order chi connectivity index (χ1) is 11.5. The Kier molecular flexibility index (Phi) is 4.73. The van der Waals surface area contributed by atoms with Crippen LogP contribution in [0.2, 0.25) is 5.28 Å². The Labute approximate surface area is 144 Å². The molecule has 0 fully saturated rings. The number of nitrogens with zero attached hydrogens (tertiary/aromatic N) is 5. The second-order valence-electron chi connectivity index (χ2n) is 5.33. The monoisotopic (exact) mass is 344 g/mol. The second-order valence-corrected chi connectivity index (χ2v) is 5.66. The van der Waals surface area contributed by atoms with E-state index in [0.29, 0.717) is 29.3 Å². The number of aromatic nitrogens is 4. The van der Waals surface area contributed by atoms with Crippen molar-refractivity contribution in [3.8, 4) is 0 Å². The standard InChI is InChI=1S/C16H17ClN6O/c1-10(24)23(2)15-13-14(21-16(17)22-15)20-12(9-19-13)18-8-11-6-4-3-5-7-11/h3-7,9-10,24H,8H2,1-2H3,(H,18,20,21,22). The van der Waals surface area contributed by atoms with Crippen LogP contribution in [0.5, 0.6) is 0 Å². The Morgan fingerprint density at radius 2 is 1.96 bits per heavy atom. The molecule has 0 saturated heterocycles. The Hall–Kier alpha value is -2.51. The van der Waals surface area contributed by atoms with E-state index in [0.717, 1.165) is 5.56 Å². The summed E-state index contributed by atoms with van der Waals surface area (Å²) in [7, 11) is 1.70. The maximum atomic E-state index is 9.75. The molecule has 3 aromatic rings. The fraction of sp³-hybridized carbons (Fsp3) is 0.250. The van der Waals surface area contributed by atoms with Crippen molar-refractivity contribution in [2.45, 2.75) is 19.7 Å². The summed E-state index contributed by atoms with van der Waals surface area (Å²) >= 11 is 5.98. The van der Waals surface area contributed by atoms with Crippen LogP contribution in [0.3, 0.4) is 0 Å². The van der Waals surface area contributed by atoms with Gasteiger partial charge in [0.05, 0.1) is 6.20 Å². The van der Waals surface area contributed by atoms with Gasteiger partial charge in [-0.25, -0.2) is 9.97 Å². The molecular weight excluding hydrogens is 328 g/mol. The number of benzene rings is 1. The van der Waals surface area contributed by atoms with Crippen LogP contribution in [-0.2, 0) is 6.54 Å². The van der Waals surface area contributed by atoms with Crippen LogP contribution in [0.25, 0.3) is 11.2 Å². The van der Waals surface area contributed by atoms with E-state index in [4.69, 9.17) is 11.6 Å². The van der Waals surface area contributed by atoms with Crippen molar-refractivity contribution in [2.75, 3.05) is 17.3 Å². The Bertz CT molecular complexity index is 843. The number of anilines is 2. The molecule has 7 nitrogen and oxygen atoms in total. The molecule has 3 rings (SSSR count). The first kappa shape index (κ1) is 16.4. The highest BCUT2D eigenvalue weighted by Gasteiger charge is 2.16. The summed E-state index contributed by atoms with van der Waals surface area (Å²) in [4.78, 5) is 18.6. The molecular formula is C16H17ClN6O. The van der Waals surface area contributed by atoms with Crippen molar-refractivity contribution in [3.05, 3.63) is 47.4 Å². The first-order valence-corrected chi connectivity index (χ1v) is 7.81. The molecule has 1 aromatic carbocycles. The quantitative estimate of drug-likeness (QED) is 0.543. The van der Waals surface area contributed by atoms with Crippen molar-refractivity contribution in [1.29, 1.82) is 0 Å². The highest BCUT2D eigenvalue weighted by Crippen LogP contribution is 2.23. The maximum Gasteiger partial charge on any atom is 0.226 e. The summed E-state index contributed by atoms with van der Waals surface area (Å²) in [6, 6.07) is 9.98. The molecule has 0 saturated carbocycles. The summed E-state index contributed by atoms with van der Waals surface area (Å²) in [6.45, 7) is 2.26. The van der Waals surface area contributed by atoms with Gasteiger partial charge in [-0.2, -0.15) is 9.97 Å². The average Bonchev–Trinajstić information content (AvgIpc) is 2.59. The molecule has 1 unspecified atom stereocenters. The summed E-state index contributed by atoms with van der Waals surface area (Å²) in [5, 5.41) is 13.0. The third-order valence-electron chi connectivity index (χ3n) is 3.57. The smallest absolute Gasteiger partial charge is 0.226 e. The van der Waals surface area contributed by atoms with E-state index in [-0.39, 0.29) is 5.28 Å². The lowest BCUT2D eigenvalue weighted by atomic mass is 10.2. The molecule has 8 heteroatoms. The minimum absolute atomic E-state index is 0.0551. The molecule has 0 amide bonds. The zero-order valence-electron chi connectivity index (χ0n) is 13.3. The third kappa shape index (κ3) is 3.52. The summed E-state index contributed by atoms with van der Waals surface area (Å²) < 4.78 is 0. The van der Waals surface area contributed by atoms with E-state index in [9.17, 15) is 5.11 Å². The van der Waals surface area contributed by atoms with Gasteiger partial charge >= 0.3 is 0 Å². The zero-order valence-corrected chi connectivity index (χ0v) is 14.1. The molecule has 24 heavy (non-hydrogen) atoms. The third-order valence-corrected chi connectivity index (χ3v) is 3.74. The van der Waals surface area contributed by atoms with Gasteiger partial charge in [0, 0.05) is 13.6 Å². The molecule has 0 bridgehead atoms. The average molecular weight is 345 g/mol. The van der Waals surface area contributed by atoms with E-state index in [1.165, 1.54) is 0 Å². The Balaban J connectivity index is 1.91. The van der Waals surface area contributed by atoms with Crippen molar-refractivity contribution < 1.29 is 5.11 Å². The molecule has 124 valence electrons. The normalized spacial score (nSPS) is 12.2. The van der Waals surface area contributed by atoms with Gasteiger partial charge in [0.15, 0.2) is 17.0 Å². The van der Waals surface area contributed by atoms with E-state index < -0.39 is 6.23 Å². The van der Waals surface area contributed by atoms with Crippen molar-refractivity contribution >= 4 is 34.4 Å². The Morgan fingerprint density at radius 3 is 2.67 bits per heavy atom. The molecule has 0 radical (unpaired) electrons. The first-order valence-electron chi connectivity index (χ1n) is 7.43. The second kappa shape index (κ2) is 6.94. The van der Waals surface area contributed by atoms with Crippen LogP contribution in [-0.4, -0.2) is 38.3 Å². The molecule has 2 heterocycles. The summed E-state index contributed by atoms with van der Waals surface area (Å²) in [5.74, 6) is 1.02. The van der Waals surface area contributed by atoms with Gasteiger partial charge < -0.3 is 15.3 Å². The minimum Gasteiger partial charge on any atom is -0.374 e. The van der Waals surface area contributed by atoms with Crippen LogP contribution in [0.4, 0.5) is 11.6 Å². The van der Waals surface area contributed by atoms with Crippen LogP contribution in [0.1, 0.15) is 12.5 Å². The lowest BCUT2D eigenvalue weighted by molar-refractivity contribution is 0.194. The van der Waals surface area contributed by atoms with Crippen molar-refractivity contribution in [1.82, 2.24) is 19.9 Å². The van der Waals surface area contributed by atoms with Crippen LogP contribution in [0.15, 0.2) is 36.5 Å². The molecule has 2 aromatic heterocycles. The van der Waals surface area contributed by atoms with E-state index in [2.05, 4.69) is 25.3 Å². The van der Waals surface area contributed by atoms with Gasteiger partial charge in [-0.3, -0.25) is 0 Å². The number of rotatable bonds is 5. The van der Waals surface area contributed by atoms with Gasteiger partial charge in [0.1, 0.15) is 12.0 Å². The fourth-order valence-corrected chi connectivity index (χ4v) is 2.32. The van der Waals surface area contributed by atoms with Gasteiger partial charge in [-0.15, -0.1) is 0 Å². The van der Waals surface area contributed by atoms with E-state index in [1.54, 1.807) is 25.1 Å². The molecule has 0 spiro atoms. The topological polar surface area (TPSA) is 87.1 Å². The van der Waals surface area contributed by atoms with Crippen LogP contribution in [0, 0.1) is 0 Å². The number of hydrogen-bond donors (Lipinski definition) is 2. The summed E-state index contributed by atoms with van der Waals surface area (Å²) in [6.07, 6.45) is 0.874. The molecule has 0 aliphatic carbocycles. The predicted molar refractivity (Wildman–Crippen MR) is 94.0 cm³/mol. The molecule has 1 atom stereocenters. The minimum atomic E-state index is -0.739. The molecule has 0 aliphatic rings. The number of aliphatic hydroxyl groups is 1. The summed E-state index contributed by atoms with van der Waals surface area (Å²) in [5.41, 5.74) is 1.98. The number of aliphatic hydroxyl groups excluding tert-OH is 1. The SMILES string of the molecule is CC(O)N(C)c1nc(Cl)nc2nc(NCc3ccccc3)cnc12. The fourth-order valence-electron chi connectivity index (χ4n) is 2.16. The van der Waals surface area contributed by atoms with Crippen LogP contribution < -0.4 is 10.2 Å². The predicted octanol–water partition coefficient (Wildman–Crippen LogP) is 2.46. The van der Waals surface area contributed by atoms with E-state index in [1.807, 2.05) is 30.3 Å². The van der Waals surface area contributed by atoms with Gasteiger partial charge in [0.25, 0.3) is 0 Å². The molecule has 0 aliphatic heterocycles. The van der Waals surface area contributed by atoms with Gasteiger partial charge in [-0.05, 0) is 24.1 Å². The van der Waals surface area contributed by atoms with Crippen LogP contribution >= 0.6 is 11.6 Å². The van der Waals surface area contributed by atoms with Gasteiger partial charge in [0.2, 0.25) is 5.28 Å². The number of hydrogen-bond acceptors (Lipinski definition) is 7. The van der Waals surface area contributed by atoms with Gasteiger partial charge in [-0.1, -0.05) is 30.3 Å². The van der Waals surface area contributed by atoms with Crippen molar-refractivity contribution in [3.63, 3.8) is 0 Å². The van der Waals surface area contributed by atoms with Crippen molar-refractivity contribution in [2.24, 2.45) is 0 Å². The highest BCUT2D eigenvalue weighted by molar-refractivity contribution is 6.28. The number of nitrogens with one attached hydrogen (secondary N) is 1. The highest BCUT2D eigenvalue weighted by atomic mass is 35.5.